The molecule has 2 aromatic rings. The van der Waals surface area contributed by atoms with Gasteiger partial charge < -0.3 is 15.2 Å². The molecule has 0 saturated heterocycles. The summed E-state index contributed by atoms with van der Waals surface area (Å²) in [5.41, 5.74) is 6.55. The van der Waals surface area contributed by atoms with Gasteiger partial charge in [-0.1, -0.05) is 18.2 Å². The summed E-state index contributed by atoms with van der Waals surface area (Å²) in [6, 6.07) is 13.3. The van der Waals surface area contributed by atoms with Gasteiger partial charge >= 0.3 is 0 Å². The number of hydrogen-bond acceptors (Lipinski definition) is 4. The van der Waals surface area contributed by atoms with Crippen LogP contribution in [0.2, 0.25) is 0 Å². The molecule has 0 saturated carbocycles. The highest BCUT2D eigenvalue weighted by atomic mass is 16.5. The smallest absolute Gasteiger partial charge is 0.213 e. The number of rotatable bonds is 6. The predicted octanol–water partition coefficient (Wildman–Crippen LogP) is 2.00. The molecule has 94 valence electrons. The van der Waals surface area contributed by atoms with Gasteiger partial charge in [-0.05, 0) is 23.8 Å². The summed E-state index contributed by atoms with van der Waals surface area (Å²) in [7, 11) is 0. The molecule has 0 atom stereocenters. The summed E-state index contributed by atoms with van der Waals surface area (Å²) in [6.45, 7) is 1.42. The summed E-state index contributed by atoms with van der Waals surface area (Å²) in [4.78, 5) is 4.10. The van der Waals surface area contributed by atoms with Crippen LogP contribution in [0.4, 0.5) is 0 Å². The highest BCUT2D eigenvalue weighted by molar-refractivity contribution is 5.21. The molecule has 1 aromatic heterocycles. The Morgan fingerprint density at radius 3 is 2.56 bits per heavy atom. The van der Waals surface area contributed by atoms with Gasteiger partial charge in [0.2, 0.25) is 5.88 Å². The predicted molar refractivity (Wildman–Crippen MR) is 69.6 cm³/mol. The van der Waals surface area contributed by atoms with Gasteiger partial charge in [-0.15, -0.1) is 0 Å². The van der Waals surface area contributed by atoms with Gasteiger partial charge in [0.1, 0.15) is 19.0 Å². The molecular weight excluding hydrogens is 228 g/mol. The lowest BCUT2D eigenvalue weighted by atomic mass is 10.3. The zero-order valence-corrected chi connectivity index (χ0v) is 10.1. The topological polar surface area (TPSA) is 57.4 Å². The first-order chi connectivity index (χ1) is 8.88. The largest absolute Gasteiger partial charge is 0.490 e. The van der Waals surface area contributed by atoms with Gasteiger partial charge in [-0.2, -0.15) is 0 Å². The van der Waals surface area contributed by atoms with Crippen molar-refractivity contribution in [1.82, 2.24) is 4.98 Å². The SMILES string of the molecule is NCc1ccnc(OCCOc2ccccc2)c1. The number of ether oxygens (including phenoxy) is 2. The quantitative estimate of drug-likeness (QED) is 0.790. The maximum absolute atomic E-state index is 5.54. The summed E-state index contributed by atoms with van der Waals surface area (Å²) in [5, 5.41) is 0. The minimum Gasteiger partial charge on any atom is -0.490 e. The third kappa shape index (κ3) is 3.75. The Kier molecular flexibility index (Phi) is 4.55. The molecule has 0 spiro atoms. The fraction of sp³-hybridized carbons (Fsp3) is 0.214. The van der Waals surface area contributed by atoms with Crippen molar-refractivity contribution in [3.8, 4) is 11.6 Å². The maximum atomic E-state index is 5.54. The molecule has 0 radical (unpaired) electrons. The maximum Gasteiger partial charge on any atom is 0.213 e. The van der Waals surface area contributed by atoms with Crippen LogP contribution in [0.1, 0.15) is 5.56 Å². The van der Waals surface area contributed by atoms with E-state index in [1.165, 1.54) is 0 Å². The lowest BCUT2D eigenvalue weighted by Crippen LogP contribution is -2.10. The first-order valence-electron chi connectivity index (χ1n) is 5.84. The van der Waals surface area contributed by atoms with E-state index in [2.05, 4.69) is 4.98 Å². The first kappa shape index (κ1) is 12.4. The Balaban J connectivity index is 1.75. The number of nitrogens with zero attached hydrogens (tertiary/aromatic N) is 1. The second-order valence-corrected chi connectivity index (χ2v) is 3.72. The van der Waals surface area contributed by atoms with E-state index < -0.39 is 0 Å². The molecule has 0 bridgehead atoms. The van der Waals surface area contributed by atoms with Crippen LogP contribution in [0.25, 0.3) is 0 Å². The second-order valence-electron chi connectivity index (χ2n) is 3.72. The third-order valence-electron chi connectivity index (χ3n) is 2.38. The lowest BCUT2D eigenvalue weighted by molar-refractivity contribution is 0.212. The summed E-state index contributed by atoms with van der Waals surface area (Å²) in [5.74, 6) is 1.42. The monoisotopic (exact) mass is 244 g/mol. The second kappa shape index (κ2) is 6.61. The number of nitrogens with two attached hydrogens (primary N) is 1. The minimum atomic E-state index is 0.454. The zero-order chi connectivity index (χ0) is 12.6. The third-order valence-corrected chi connectivity index (χ3v) is 2.38. The van der Waals surface area contributed by atoms with E-state index in [-0.39, 0.29) is 0 Å². The molecule has 0 fully saturated rings. The van der Waals surface area contributed by atoms with Gasteiger partial charge in [-0.3, -0.25) is 0 Å². The molecule has 4 nitrogen and oxygen atoms in total. The van der Waals surface area contributed by atoms with E-state index in [0.29, 0.717) is 25.6 Å². The molecule has 0 aliphatic carbocycles. The Labute approximate surface area is 106 Å². The molecule has 0 aliphatic heterocycles. The Morgan fingerprint density at radius 1 is 1.00 bits per heavy atom. The van der Waals surface area contributed by atoms with Crippen molar-refractivity contribution in [3.63, 3.8) is 0 Å². The van der Waals surface area contributed by atoms with Gasteiger partial charge in [-0.25, -0.2) is 4.98 Å². The molecule has 0 aliphatic rings. The van der Waals surface area contributed by atoms with Crippen molar-refractivity contribution < 1.29 is 9.47 Å². The van der Waals surface area contributed by atoms with Crippen LogP contribution in [0.5, 0.6) is 11.6 Å². The number of hydrogen-bond donors (Lipinski definition) is 1. The normalized spacial score (nSPS) is 10.1. The van der Waals surface area contributed by atoms with Crippen LogP contribution in [0.3, 0.4) is 0 Å². The van der Waals surface area contributed by atoms with E-state index >= 15 is 0 Å². The van der Waals surface area contributed by atoms with E-state index in [9.17, 15) is 0 Å². The van der Waals surface area contributed by atoms with Crippen molar-refractivity contribution in [1.29, 1.82) is 0 Å². The Hall–Kier alpha value is -2.07. The van der Waals surface area contributed by atoms with Crippen molar-refractivity contribution in [2.45, 2.75) is 6.54 Å². The molecule has 2 rings (SSSR count). The molecule has 4 heteroatoms. The number of pyridine rings is 1. The van der Waals surface area contributed by atoms with Crippen molar-refractivity contribution >= 4 is 0 Å². The summed E-state index contributed by atoms with van der Waals surface area (Å²) in [6.07, 6.45) is 1.69. The van der Waals surface area contributed by atoms with Crippen molar-refractivity contribution in [3.05, 3.63) is 54.2 Å². The minimum absolute atomic E-state index is 0.454. The van der Waals surface area contributed by atoms with E-state index in [0.717, 1.165) is 11.3 Å². The average Bonchev–Trinajstić information content (AvgIpc) is 2.45. The summed E-state index contributed by atoms with van der Waals surface area (Å²) < 4.78 is 11.0. The van der Waals surface area contributed by atoms with Gasteiger partial charge in [0.25, 0.3) is 0 Å². The lowest BCUT2D eigenvalue weighted by Gasteiger charge is -2.08. The van der Waals surface area contributed by atoms with Crippen LogP contribution in [0, 0.1) is 0 Å². The molecule has 0 unspecified atom stereocenters. The van der Waals surface area contributed by atoms with Gasteiger partial charge in [0.15, 0.2) is 0 Å². The Morgan fingerprint density at radius 2 is 1.78 bits per heavy atom. The Bertz CT molecular complexity index is 474. The van der Waals surface area contributed by atoms with E-state index in [4.69, 9.17) is 15.2 Å². The van der Waals surface area contributed by atoms with Crippen molar-refractivity contribution in [2.24, 2.45) is 5.73 Å². The van der Waals surface area contributed by atoms with E-state index in [1.807, 2.05) is 42.5 Å². The molecule has 0 amide bonds. The fourth-order valence-electron chi connectivity index (χ4n) is 1.48. The van der Waals surface area contributed by atoms with Crippen LogP contribution < -0.4 is 15.2 Å². The molecule has 2 N–H and O–H groups in total. The first-order valence-corrected chi connectivity index (χ1v) is 5.84. The number of aromatic nitrogens is 1. The number of para-hydroxylation sites is 1. The molecule has 1 aromatic carbocycles. The zero-order valence-electron chi connectivity index (χ0n) is 10.1. The van der Waals surface area contributed by atoms with Crippen molar-refractivity contribution in [2.75, 3.05) is 13.2 Å². The van der Waals surface area contributed by atoms with Crippen LogP contribution in [-0.4, -0.2) is 18.2 Å². The summed E-state index contributed by atoms with van der Waals surface area (Å²) >= 11 is 0. The average molecular weight is 244 g/mol. The molecule has 1 heterocycles. The molecule has 18 heavy (non-hydrogen) atoms. The van der Waals surface area contributed by atoms with Crippen LogP contribution >= 0.6 is 0 Å². The highest BCUT2D eigenvalue weighted by Crippen LogP contribution is 2.10. The number of benzene rings is 1. The van der Waals surface area contributed by atoms with Crippen LogP contribution in [0.15, 0.2) is 48.7 Å². The van der Waals surface area contributed by atoms with Gasteiger partial charge in [0, 0.05) is 18.8 Å². The standard InChI is InChI=1S/C14H16N2O2/c15-11-12-6-7-16-14(10-12)18-9-8-17-13-4-2-1-3-5-13/h1-7,10H,8-9,11,15H2. The highest BCUT2D eigenvalue weighted by Gasteiger charge is 1.97. The van der Waals surface area contributed by atoms with Crippen LogP contribution in [-0.2, 0) is 6.54 Å². The van der Waals surface area contributed by atoms with E-state index in [1.54, 1.807) is 6.20 Å². The molecular formula is C14H16N2O2. The van der Waals surface area contributed by atoms with Gasteiger partial charge in [0.05, 0.1) is 0 Å². The fourth-order valence-corrected chi connectivity index (χ4v) is 1.48.